The third-order valence-electron chi connectivity index (χ3n) is 15.2. The predicted octanol–water partition coefficient (Wildman–Crippen LogP) is 12.2. The molecule has 0 saturated heterocycles. The van der Waals surface area contributed by atoms with Gasteiger partial charge in [0, 0.05) is 37.9 Å². The number of rotatable bonds is 21. The van der Waals surface area contributed by atoms with Crippen LogP contribution in [0.25, 0.3) is 0 Å². The molecule has 3 saturated carbocycles. The maximum atomic E-state index is 13.5. The molecule has 0 aromatic carbocycles. The molecule has 0 bridgehead atoms. The van der Waals surface area contributed by atoms with Crippen LogP contribution in [0.4, 0.5) is 4.79 Å². The molecule has 2 N–H and O–H groups in total. The Morgan fingerprint density at radius 1 is 0.831 bits per heavy atom. The van der Waals surface area contributed by atoms with Gasteiger partial charge < -0.3 is 25.0 Å². The van der Waals surface area contributed by atoms with Crippen molar-refractivity contribution in [3.8, 4) is 0 Å². The Labute approximate surface area is 362 Å². The SMILES string of the molecule is CC(C)CCCCC1CCC2C3CC=C4CC(OC(=O)CCCC(=O)N(CCCCNCCC(C)(C)NC(=O)OC(C)(C)C)CCC(C)(C)C)CCC4(C)C3CCC12C. The third-order valence-corrected chi connectivity index (χ3v) is 15.2. The average molecular weight is 826 g/mol. The summed E-state index contributed by atoms with van der Waals surface area (Å²) >= 11 is 0. The molecule has 4 aliphatic carbocycles. The molecule has 2 amide bonds. The van der Waals surface area contributed by atoms with Crippen molar-refractivity contribution < 1.29 is 23.9 Å². The van der Waals surface area contributed by atoms with E-state index in [9.17, 15) is 14.4 Å². The van der Waals surface area contributed by atoms with Crippen LogP contribution in [0.3, 0.4) is 0 Å². The van der Waals surface area contributed by atoms with Crippen molar-refractivity contribution in [2.24, 2.45) is 45.8 Å². The monoisotopic (exact) mass is 826 g/mol. The molecule has 8 heteroatoms. The molecule has 4 rings (SSSR count). The van der Waals surface area contributed by atoms with Crippen molar-refractivity contribution in [2.75, 3.05) is 26.2 Å². The van der Waals surface area contributed by atoms with E-state index in [1.165, 1.54) is 57.8 Å². The van der Waals surface area contributed by atoms with E-state index in [0.717, 1.165) is 101 Å². The Kier molecular flexibility index (Phi) is 17.9. The summed E-state index contributed by atoms with van der Waals surface area (Å²) in [6.45, 7) is 29.3. The quantitative estimate of drug-likeness (QED) is 0.0680. The molecule has 340 valence electrons. The first-order chi connectivity index (χ1) is 27.5. The summed E-state index contributed by atoms with van der Waals surface area (Å²) in [5, 5.41) is 6.47. The number of nitrogens with zero attached hydrogens (tertiary/aromatic N) is 1. The van der Waals surface area contributed by atoms with Gasteiger partial charge in [0.05, 0.1) is 0 Å². The first-order valence-corrected chi connectivity index (χ1v) is 24.4. The lowest BCUT2D eigenvalue weighted by atomic mass is 9.47. The number of unbranched alkanes of at least 4 members (excludes halogenated alkanes) is 2. The summed E-state index contributed by atoms with van der Waals surface area (Å²) in [5.41, 5.74) is 1.58. The number of amides is 2. The van der Waals surface area contributed by atoms with Crippen molar-refractivity contribution in [2.45, 2.75) is 222 Å². The van der Waals surface area contributed by atoms with E-state index in [2.05, 4.69) is 65.2 Å². The fourth-order valence-corrected chi connectivity index (χ4v) is 11.6. The number of fused-ring (bicyclic) bond motifs is 5. The van der Waals surface area contributed by atoms with Crippen LogP contribution in [0.1, 0.15) is 205 Å². The van der Waals surface area contributed by atoms with E-state index in [0.29, 0.717) is 24.7 Å². The van der Waals surface area contributed by atoms with Crippen LogP contribution in [0, 0.1) is 45.8 Å². The molecule has 59 heavy (non-hydrogen) atoms. The number of hydrogen-bond acceptors (Lipinski definition) is 6. The van der Waals surface area contributed by atoms with Crippen LogP contribution in [-0.2, 0) is 19.1 Å². The number of esters is 1. The molecule has 0 aromatic rings. The summed E-state index contributed by atoms with van der Waals surface area (Å²) in [7, 11) is 0. The summed E-state index contributed by atoms with van der Waals surface area (Å²) in [6, 6.07) is 0. The fraction of sp³-hybridized carbons (Fsp3) is 0.902. The van der Waals surface area contributed by atoms with Gasteiger partial charge in [-0.3, -0.25) is 9.59 Å². The van der Waals surface area contributed by atoms with Crippen LogP contribution >= 0.6 is 0 Å². The highest BCUT2D eigenvalue weighted by atomic mass is 16.6. The molecular formula is C51H91N3O5. The lowest BCUT2D eigenvalue weighted by Gasteiger charge is -2.58. The van der Waals surface area contributed by atoms with Crippen molar-refractivity contribution in [3.63, 3.8) is 0 Å². The lowest BCUT2D eigenvalue weighted by molar-refractivity contribution is -0.151. The van der Waals surface area contributed by atoms with E-state index in [1.54, 1.807) is 5.57 Å². The normalized spacial score (nSPS) is 28.3. The second kappa shape index (κ2) is 21.3. The molecule has 0 aliphatic heterocycles. The Morgan fingerprint density at radius 3 is 2.27 bits per heavy atom. The van der Waals surface area contributed by atoms with Crippen LogP contribution in [0.15, 0.2) is 11.6 Å². The standard InChI is InChI=1S/C51H91N3O5/c1-37(2)18-13-14-19-38-23-25-42-41-24-22-39-36-40(26-28-51(39,12)43(41)27-29-50(38,42)11)58-45(56)21-17-20-44(55)54(35-31-47(3,4)5)34-16-15-32-52-33-30-49(9,10)53-46(57)59-48(6,7)8/h22,37-38,40-43,52H,13-21,23-36H2,1-12H3,(H,53,57). The molecule has 8 nitrogen and oxygen atoms in total. The van der Waals surface area contributed by atoms with E-state index < -0.39 is 11.7 Å². The topological polar surface area (TPSA) is 97.0 Å². The molecule has 3 fully saturated rings. The van der Waals surface area contributed by atoms with Crippen molar-refractivity contribution in [3.05, 3.63) is 11.6 Å². The fourth-order valence-electron chi connectivity index (χ4n) is 11.6. The average Bonchev–Trinajstić information content (AvgIpc) is 3.45. The van der Waals surface area contributed by atoms with Gasteiger partial charge in [-0.05, 0) is 177 Å². The zero-order chi connectivity index (χ0) is 43.6. The Balaban J connectivity index is 1.17. The van der Waals surface area contributed by atoms with Crippen molar-refractivity contribution >= 4 is 18.0 Å². The highest BCUT2D eigenvalue weighted by Gasteiger charge is 2.58. The van der Waals surface area contributed by atoms with Gasteiger partial charge in [0.25, 0.3) is 0 Å². The number of alkyl carbamates (subject to hydrolysis) is 1. The molecule has 0 aromatic heterocycles. The van der Waals surface area contributed by atoms with E-state index in [4.69, 9.17) is 9.47 Å². The van der Waals surface area contributed by atoms with E-state index >= 15 is 0 Å². The zero-order valence-corrected chi connectivity index (χ0v) is 40.3. The van der Waals surface area contributed by atoms with Gasteiger partial charge in [-0.15, -0.1) is 0 Å². The smallest absolute Gasteiger partial charge is 0.408 e. The second-order valence-corrected chi connectivity index (χ2v) is 23.4. The van der Waals surface area contributed by atoms with Crippen molar-refractivity contribution in [1.82, 2.24) is 15.5 Å². The Morgan fingerprint density at radius 2 is 1.58 bits per heavy atom. The molecule has 7 unspecified atom stereocenters. The first kappa shape index (κ1) is 49.6. The zero-order valence-electron chi connectivity index (χ0n) is 40.3. The predicted molar refractivity (Wildman–Crippen MR) is 243 cm³/mol. The number of carbonyl (C=O) groups is 3. The van der Waals surface area contributed by atoms with E-state index in [1.807, 2.05) is 39.5 Å². The minimum absolute atomic E-state index is 0.0335. The summed E-state index contributed by atoms with van der Waals surface area (Å²) in [6.07, 6.45) is 22.4. The highest BCUT2D eigenvalue weighted by Crippen LogP contribution is 2.67. The Bertz CT molecular complexity index is 1390. The van der Waals surface area contributed by atoms with Crippen LogP contribution in [0.5, 0.6) is 0 Å². The lowest BCUT2D eigenvalue weighted by Crippen LogP contribution is -2.50. The molecule has 0 heterocycles. The largest absolute Gasteiger partial charge is 0.462 e. The number of carbonyl (C=O) groups excluding carboxylic acids is 3. The minimum atomic E-state index is -0.521. The first-order valence-electron chi connectivity index (χ1n) is 24.4. The molecule has 7 atom stereocenters. The van der Waals surface area contributed by atoms with Gasteiger partial charge in [-0.25, -0.2) is 4.79 Å². The van der Waals surface area contributed by atoms with Gasteiger partial charge in [0.15, 0.2) is 0 Å². The Hall–Kier alpha value is -2.09. The molecule has 0 spiro atoms. The maximum Gasteiger partial charge on any atom is 0.408 e. The number of hydrogen-bond donors (Lipinski definition) is 2. The van der Waals surface area contributed by atoms with Crippen LogP contribution < -0.4 is 10.6 Å². The summed E-state index contributed by atoms with van der Waals surface area (Å²) in [4.78, 5) is 40.9. The summed E-state index contributed by atoms with van der Waals surface area (Å²) in [5.74, 6) is 4.19. The van der Waals surface area contributed by atoms with Gasteiger partial charge in [0.1, 0.15) is 11.7 Å². The van der Waals surface area contributed by atoms with Crippen LogP contribution in [-0.4, -0.2) is 66.3 Å². The van der Waals surface area contributed by atoms with Crippen LogP contribution in [0.2, 0.25) is 0 Å². The number of nitrogens with one attached hydrogen (secondary N) is 2. The van der Waals surface area contributed by atoms with Crippen molar-refractivity contribution in [1.29, 1.82) is 0 Å². The molecule has 0 radical (unpaired) electrons. The third kappa shape index (κ3) is 15.0. The van der Waals surface area contributed by atoms with Gasteiger partial charge >= 0.3 is 12.1 Å². The molecule has 4 aliphatic rings. The highest BCUT2D eigenvalue weighted by molar-refractivity contribution is 5.77. The number of allylic oxidation sites excluding steroid dienone is 1. The minimum Gasteiger partial charge on any atom is -0.462 e. The van der Waals surface area contributed by atoms with Gasteiger partial charge in [0.2, 0.25) is 5.91 Å². The molecular weight excluding hydrogens is 735 g/mol. The van der Waals surface area contributed by atoms with Gasteiger partial charge in [-0.1, -0.05) is 79.4 Å². The van der Waals surface area contributed by atoms with E-state index in [-0.39, 0.29) is 34.3 Å². The second-order valence-electron chi connectivity index (χ2n) is 23.4. The summed E-state index contributed by atoms with van der Waals surface area (Å²) < 4.78 is 11.6. The number of ether oxygens (including phenoxy) is 2. The van der Waals surface area contributed by atoms with Gasteiger partial charge in [-0.2, -0.15) is 0 Å². The maximum absolute atomic E-state index is 13.5.